The molecule has 0 aliphatic rings. The molecule has 12 heavy (non-hydrogen) atoms. The standard InChI is InChI=1S/C6H10N2O3S/c7-3-1-5-12(9,10,11)6-2-4-8/h1-2,5-6H2,(H2,9,10,11). The Balaban J connectivity index is 4.23. The molecule has 0 radical (unpaired) electrons. The van der Waals surface area contributed by atoms with Gasteiger partial charge in [0.05, 0.1) is 33.3 Å². The van der Waals surface area contributed by atoms with Crippen molar-refractivity contribution in [3.8, 4) is 12.1 Å². The highest BCUT2D eigenvalue weighted by Gasteiger charge is 2.28. The minimum atomic E-state index is -4.66. The van der Waals surface area contributed by atoms with Crippen molar-refractivity contribution in [1.29, 1.82) is 10.5 Å². The number of rotatable bonds is 4. The minimum absolute atomic E-state index is 0.191. The molecule has 0 unspecified atom stereocenters. The second-order valence-electron chi connectivity index (χ2n) is 2.41. The Kier molecular flexibility index (Phi) is 3.35. The molecule has 0 amide bonds. The van der Waals surface area contributed by atoms with Crippen LogP contribution in [0, 0.1) is 22.7 Å². The summed E-state index contributed by atoms with van der Waals surface area (Å²) in [6.07, 6.45) is -0.381. The van der Waals surface area contributed by atoms with Gasteiger partial charge in [0.25, 0.3) is 0 Å². The Labute approximate surface area is 70.7 Å². The zero-order valence-electron chi connectivity index (χ0n) is 6.43. The largest absolute Gasteiger partial charge is 0.308 e. The smallest absolute Gasteiger partial charge is 0.0846 e. The van der Waals surface area contributed by atoms with E-state index in [0.29, 0.717) is 0 Å². The lowest BCUT2D eigenvalue weighted by Crippen LogP contribution is -2.38. The van der Waals surface area contributed by atoms with Crippen LogP contribution in [0.1, 0.15) is 12.8 Å². The van der Waals surface area contributed by atoms with Crippen LogP contribution in [0.5, 0.6) is 0 Å². The first-order valence-corrected chi connectivity index (χ1v) is 5.48. The van der Waals surface area contributed by atoms with Gasteiger partial charge in [-0.05, 0) is 0 Å². The molecule has 0 bridgehead atoms. The molecule has 6 heteroatoms. The van der Waals surface area contributed by atoms with E-state index in [4.69, 9.17) is 19.6 Å². The van der Waals surface area contributed by atoms with Gasteiger partial charge in [0.2, 0.25) is 0 Å². The molecule has 2 N–H and O–H groups in total. The maximum Gasteiger partial charge on any atom is 0.0846 e. The van der Waals surface area contributed by atoms with E-state index in [9.17, 15) is 4.21 Å². The van der Waals surface area contributed by atoms with Crippen molar-refractivity contribution in [3.63, 3.8) is 0 Å². The summed E-state index contributed by atoms with van der Waals surface area (Å²) in [4.78, 5) is 0. The van der Waals surface area contributed by atoms with Gasteiger partial charge >= 0.3 is 0 Å². The summed E-state index contributed by atoms with van der Waals surface area (Å²) in [7, 11) is -4.66. The highest BCUT2D eigenvalue weighted by atomic mass is 32.3. The molecule has 0 aromatic carbocycles. The van der Waals surface area contributed by atoms with E-state index >= 15 is 0 Å². The molecule has 0 spiro atoms. The molecule has 0 aliphatic heterocycles. The average Bonchev–Trinajstić information content (AvgIpc) is 1.97. The maximum atomic E-state index is 11.1. The normalized spacial score (nSPS) is 13.8. The number of nitrogens with zero attached hydrogens (tertiary/aromatic N) is 2. The molecule has 68 valence electrons. The van der Waals surface area contributed by atoms with Crippen molar-refractivity contribution in [2.75, 3.05) is 11.5 Å². The van der Waals surface area contributed by atoms with Crippen LogP contribution in [0.25, 0.3) is 0 Å². The van der Waals surface area contributed by atoms with Crippen molar-refractivity contribution >= 4 is 9.63 Å². The predicted octanol–water partition coefficient (Wildman–Crippen LogP) is 0.580. The quantitative estimate of drug-likeness (QED) is 0.674. The molecule has 0 rings (SSSR count). The van der Waals surface area contributed by atoms with Crippen molar-refractivity contribution in [2.45, 2.75) is 12.8 Å². The Morgan fingerprint density at radius 2 is 1.42 bits per heavy atom. The molecular formula is C6H10N2O3S. The van der Waals surface area contributed by atoms with Crippen LogP contribution in [0.3, 0.4) is 0 Å². The summed E-state index contributed by atoms with van der Waals surface area (Å²) in [6, 6.07) is 3.30. The van der Waals surface area contributed by atoms with Crippen LogP contribution < -0.4 is 0 Å². The summed E-state index contributed by atoms with van der Waals surface area (Å²) in [5.41, 5.74) is 0. The SMILES string of the molecule is N#CCCS(=O)(O)(O)CCC#N. The Morgan fingerprint density at radius 3 is 1.67 bits per heavy atom. The van der Waals surface area contributed by atoms with E-state index in [1.807, 2.05) is 0 Å². The average molecular weight is 190 g/mol. The molecule has 0 fully saturated rings. The Bertz CT molecular complexity index is 269. The second kappa shape index (κ2) is 3.63. The fourth-order valence-corrected chi connectivity index (χ4v) is 1.81. The van der Waals surface area contributed by atoms with E-state index in [1.54, 1.807) is 12.1 Å². The van der Waals surface area contributed by atoms with Gasteiger partial charge in [-0.3, -0.25) is 0 Å². The highest BCUT2D eigenvalue weighted by Crippen LogP contribution is 2.18. The zero-order chi connectivity index (χ0) is 9.69. The first-order chi connectivity index (χ1) is 5.39. The summed E-state index contributed by atoms with van der Waals surface area (Å²) >= 11 is 0. The van der Waals surface area contributed by atoms with Gasteiger partial charge < -0.3 is 9.11 Å². The fraction of sp³-hybridized carbons (Fsp3) is 0.667. The lowest BCUT2D eigenvalue weighted by molar-refractivity contribution is 0.390. The first-order valence-electron chi connectivity index (χ1n) is 3.26. The lowest BCUT2D eigenvalue weighted by atomic mass is 10.5. The maximum absolute atomic E-state index is 11.1. The van der Waals surface area contributed by atoms with Gasteiger partial charge in [0.15, 0.2) is 0 Å². The summed E-state index contributed by atoms with van der Waals surface area (Å²) in [5, 5.41) is 16.2. The molecule has 0 saturated carbocycles. The third-order valence-electron chi connectivity index (χ3n) is 1.25. The van der Waals surface area contributed by atoms with Crippen LogP contribution in [0.15, 0.2) is 0 Å². The van der Waals surface area contributed by atoms with E-state index in [2.05, 4.69) is 0 Å². The monoisotopic (exact) mass is 190 g/mol. The third-order valence-corrected chi connectivity index (χ3v) is 3.30. The predicted molar refractivity (Wildman–Crippen MR) is 43.6 cm³/mol. The topological polar surface area (TPSA) is 105 Å². The van der Waals surface area contributed by atoms with Crippen LogP contribution >= 0.6 is 0 Å². The molecule has 0 atom stereocenters. The molecule has 0 saturated heterocycles. The highest BCUT2D eigenvalue weighted by molar-refractivity contribution is 8.10. The van der Waals surface area contributed by atoms with Gasteiger partial charge in [0.1, 0.15) is 0 Å². The van der Waals surface area contributed by atoms with E-state index in [0.717, 1.165) is 0 Å². The first kappa shape index (κ1) is 11.1. The molecule has 0 aliphatic carbocycles. The molecule has 5 nitrogen and oxygen atoms in total. The van der Waals surface area contributed by atoms with E-state index < -0.39 is 21.1 Å². The summed E-state index contributed by atoms with van der Waals surface area (Å²) in [6.45, 7) is 0. The molecule has 0 aromatic rings. The van der Waals surface area contributed by atoms with Gasteiger partial charge in [-0.25, -0.2) is 4.21 Å². The fourth-order valence-electron chi connectivity index (χ4n) is 0.604. The second-order valence-corrected chi connectivity index (χ2v) is 5.60. The third kappa shape index (κ3) is 4.80. The van der Waals surface area contributed by atoms with Crippen molar-refractivity contribution < 1.29 is 13.3 Å². The van der Waals surface area contributed by atoms with Crippen LogP contribution in [-0.4, -0.2) is 24.8 Å². The number of nitriles is 2. The Morgan fingerprint density at radius 1 is 1.08 bits per heavy atom. The van der Waals surface area contributed by atoms with Crippen LogP contribution in [0.2, 0.25) is 0 Å². The minimum Gasteiger partial charge on any atom is -0.308 e. The van der Waals surface area contributed by atoms with Crippen LogP contribution in [0.4, 0.5) is 0 Å². The van der Waals surface area contributed by atoms with Crippen molar-refractivity contribution in [1.82, 2.24) is 0 Å². The van der Waals surface area contributed by atoms with E-state index in [1.165, 1.54) is 0 Å². The van der Waals surface area contributed by atoms with Gasteiger partial charge in [-0.2, -0.15) is 10.5 Å². The lowest BCUT2D eigenvalue weighted by Gasteiger charge is -2.28. The van der Waals surface area contributed by atoms with Crippen LogP contribution in [-0.2, 0) is 9.63 Å². The Hall–Kier alpha value is -0.950. The number of hydrogen-bond acceptors (Lipinski definition) is 3. The number of hydrogen-bond donors (Lipinski definition) is 2. The van der Waals surface area contributed by atoms with Gasteiger partial charge in [0, 0.05) is 12.8 Å². The van der Waals surface area contributed by atoms with Gasteiger partial charge in [-0.15, -0.1) is 0 Å². The van der Waals surface area contributed by atoms with E-state index in [-0.39, 0.29) is 12.8 Å². The zero-order valence-corrected chi connectivity index (χ0v) is 7.25. The molecule has 0 heterocycles. The summed E-state index contributed by atoms with van der Waals surface area (Å²) in [5.74, 6) is -0.954. The van der Waals surface area contributed by atoms with Crippen molar-refractivity contribution in [2.24, 2.45) is 0 Å². The van der Waals surface area contributed by atoms with Crippen molar-refractivity contribution in [3.05, 3.63) is 0 Å². The van der Waals surface area contributed by atoms with Gasteiger partial charge in [-0.1, -0.05) is 0 Å². The summed E-state index contributed by atoms with van der Waals surface area (Å²) < 4.78 is 29.2. The molecular weight excluding hydrogens is 180 g/mol. The molecule has 0 aromatic heterocycles.